The summed E-state index contributed by atoms with van der Waals surface area (Å²) in [5, 5.41) is 3.21. The van der Waals surface area contributed by atoms with Crippen molar-refractivity contribution in [3.63, 3.8) is 0 Å². The second-order valence-electron chi connectivity index (χ2n) is 3.05. The molecule has 1 rings (SSSR count). The van der Waals surface area contributed by atoms with Crippen molar-refractivity contribution in [1.82, 2.24) is 5.32 Å². The number of rotatable bonds is 2. The highest BCUT2D eigenvalue weighted by atomic mass is 15.1. The molecule has 0 aromatic carbocycles. The molecule has 1 fully saturated rings. The highest BCUT2D eigenvalue weighted by Gasteiger charge is 2.33. The topological polar surface area (TPSA) is 21.9 Å². The summed E-state index contributed by atoms with van der Waals surface area (Å²) in [5.41, 5.74) is 0. The molecule has 1 nitrogen and oxygen atoms in total. The molecule has 1 heterocycles. The molecular formula is C8H13N. The fourth-order valence-corrected chi connectivity index (χ4v) is 1.05. The molecule has 0 spiro atoms. The Morgan fingerprint density at radius 1 is 1.67 bits per heavy atom. The van der Waals surface area contributed by atoms with Crippen LogP contribution in [0.25, 0.3) is 0 Å². The van der Waals surface area contributed by atoms with Crippen LogP contribution in [0.4, 0.5) is 0 Å². The maximum Gasteiger partial charge on any atom is 0.0845 e. The molecule has 0 radical (unpaired) electrons. The van der Waals surface area contributed by atoms with Crippen LogP contribution in [0.2, 0.25) is 0 Å². The molecule has 0 aromatic heterocycles. The molecule has 2 atom stereocenters. The van der Waals surface area contributed by atoms with E-state index in [1.165, 1.54) is 6.42 Å². The van der Waals surface area contributed by atoms with Crippen LogP contribution in [-0.4, -0.2) is 12.1 Å². The van der Waals surface area contributed by atoms with E-state index in [0.29, 0.717) is 12.1 Å². The van der Waals surface area contributed by atoms with Gasteiger partial charge in [-0.3, -0.25) is 5.32 Å². The summed E-state index contributed by atoms with van der Waals surface area (Å²) in [5.74, 6) is 3.45. The van der Waals surface area contributed by atoms with Crippen molar-refractivity contribution in [3.8, 4) is 12.3 Å². The molecule has 9 heavy (non-hydrogen) atoms. The summed E-state index contributed by atoms with van der Waals surface area (Å²) in [6.45, 7) is 4.43. The van der Waals surface area contributed by atoms with E-state index in [1.807, 2.05) is 0 Å². The fourth-order valence-electron chi connectivity index (χ4n) is 1.05. The monoisotopic (exact) mass is 123 g/mol. The van der Waals surface area contributed by atoms with Gasteiger partial charge in [-0.2, -0.15) is 0 Å². The zero-order chi connectivity index (χ0) is 6.85. The zero-order valence-electron chi connectivity index (χ0n) is 6.02. The van der Waals surface area contributed by atoms with Crippen LogP contribution in [0.3, 0.4) is 0 Å². The minimum atomic E-state index is 0.382. The highest BCUT2D eigenvalue weighted by Crippen LogP contribution is 2.18. The number of hydrogen-bond acceptors (Lipinski definition) is 1. The first-order valence-corrected chi connectivity index (χ1v) is 3.46. The number of nitrogens with one attached hydrogen (secondary N) is 1. The molecular weight excluding hydrogens is 110 g/mol. The van der Waals surface area contributed by atoms with Gasteiger partial charge in [-0.25, -0.2) is 0 Å². The summed E-state index contributed by atoms with van der Waals surface area (Å²) in [4.78, 5) is 0. The average Bonchev–Trinajstić information content (AvgIpc) is 2.45. The van der Waals surface area contributed by atoms with E-state index in [0.717, 1.165) is 5.92 Å². The third-order valence-corrected chi connectivity index (χ3v) is 1.59. The Bertz CT molecular complexity index is 132. The summed E-state index contributed by atoms with van der Waals surface area (Å²) < 4.78 is 0. The standard InChI is InChI=1S/C8H13N/c1-4-7-8(9-7)5-6(2)3/h1,6-9H,5H2,2-3H3. The molecule has 1 aliphatic heterocycles. The Labute approximate surface area is 56.8 Å². The van der Waals surface area contributed by atoms with Gasteiger partial charge < -0.3 is 0 Å². The third-order valence-electron chi connectivity index (χ3n) is 1.59. The maximum atomic E-state index is 5.19. The lowest BCUT2D eigenvalue weighted by molar-refractivity contribution is 0.577. The number of terminal acetylenes is 1. The Balaban J connectivity index is 2.14. The second kappa shape index (κ2) is 2.41. The molecule has 1 heteroatoms. The van der Waals surface area contributed by atoms with Crippen LogP contribution in [0.15, 0.2) is 0 Å². The SMILES string of the molecule is C#CC1NC1CC(C)C. The average molecular weight is 123 g/mol. The predicted octanol–water partition coefficient (Wildman–Crippen LogP) is 1.01. The third kappa shape index (κ3) is 1.73. The molecule has 50 valence electrons. The van der Waals surface area contributed by atoms with Gasteiger partial charge >= 0.3 is 0 Å². The second-order valence-corrected chi connectivity index (χ2v) is 3.05. The molecule has 1 saturated heterocycles. The van der Waals surface area contributed by atoms with Gasteiger partial charge in [0.1, 0.15) is 0 Å². The Morgan fingerprint density at radius 2 is 2.33 bits per heavy atom. The lowest BCUT2D eigenvalue weighted by Crippen LogP contribution is -1.97. The van der Waals surface area contributed by atoms with E-state index < -0.39 is 0 Å². The first kappa shape index (κ1) is 6.64. The van der Waals surface area contributed by atoms with Crippen molar-refractivity contribution in [1.29, 1.82) is 0 Å². The Kier molecular flexibility index (Phi) is 1.78. The van der Waals surface area contributed by atoms with Crippen LogP contribution in [0.5, 0.6) is 0 Å². The number of hydrogen-bond donors (Lipinski definition) is 1. The fraction of sp³-hybridized carbons (Fsp3) is 0.750. The van der Waals surface area contributed by atoms with E-state index in [2.05, 4.69) is 25.1 Å². The van der Waals surface area contributed by atoms with Gasteiger partial charge in [0.15, 0.2) is 0 Å². The van der Waals surface area contributed by atoms with Crippen molar-refractivity contribution in [2.75, 3.05) is 0 Å². The minimum absolute atomic E-state index is 0.382. The van der Waals surface area contributed by atoms with Crippen LogP contribution in [0.1, 0.15) is 20.3 Å². The summed E-state index contributed by atoms with van der Waals surface area (Å²) >= 11 is 0. The molecule has 0 aromatic rings. The molecule has 0 amide bonds. The van der Waals surface area contributed by atoms with Gasteiger partial charge in [-0.1, -0.05) is 19.8 Å². The van der Waals surface area contributed by atoms with Gasteiger partial charge in [-0.05, 0) is 12.3 Å². The molecule has 1 aliphatic rings. The molecule has 0 aliphatic carbocycles. The van der Waals surface area contributed by atoms with Gasteiger partial charge in [-0.15, -0.1) is 6.42 Å². The Morgan fingerprint density at radius 3 is 2.67 bits per heavy atom. The molecule has 1 N–H and O–H groups in total. The minimum Gasteiger partial charge on any atom is -0.297 e. The summed E-state index contributed by atoms with van der Waals surface area (Å²) in [7, 11) is 0. The zero-order valence-corrected chi connectivity index (χ0v) is 6.02. The van der Waals surface area contributed by atoms with Crippen LogP contribution in [0, 0.1) is 18.3 Å². The van der Waals surface area contributed by atoms with Gasteiger partial charge in [0.05, 0.1) is 6.04 Å². The van der Waals surface area contributed by atoms with Crippen molar-refractivity contribution in [2.24, 2.45) is 5.92 Å². The van der Waals surface area contributed by atoms with Crippen molar-refractivity contribution in [2.45, 2.75) is 32.4 Å². The normalized spacial score (nSPS) is 32.2. The first-order chi connectivity index (χ1) is 4.24. The van der Waals surface area contributed by atoms with E-state index in [9.17, 15) is 0 Å². The van der Waals surface area contributed by atoms with Gasteiger partial charge in [0, 0.05) is 6.04 Å². The van der Waals surface area contributed by atoms with Crippen molar-refractivity contribution in [3.05, 3.63) is 0 Å². The Hall–Kier alpha value is -0.480. The van der Waals surface area contributed by atoms with Crippen molar-refractivity contribution >= 4 is 0 Å². The lowest BCUT2D eigenvalue weighted by Gasteiger charge is -1.97. The van der Waals surface area contributed by atoms with E-state index >= 15 is 0 Å². The quantitative estimate of drug-likeness (QED) is 0.429. The van der Waals surface area contributed by atoms with Crippen molar-refractivity contribution < 1.29 is 0 Å². The van der Waals surface area contributed by atoms with E-state index in [4.69, 9.17) is 6.42 Å². The highest BCUT2D eigenvalue weighted by molar-refractivity contribution is 5.16. The first-order valence-electron chi connectivity index (χ1n) is 3.46. The van der Waals surface area contributed by atoms with Crippen LogP contribution in [-0.2, 0) is 0 Å². The van der Waals surface area contributed by atoms with Crippen LogP contribution < -0.4 is 5.32 Å². The van der Waals surface area contributed by atoms with Gasteiger partial charge in [0.2, 0.25) is 0 Å². The molecule has 0 saturated carbocycles. The van der Waals surface area contributed by atoms with E-state index in [-0.39, 0.29) is 0 Å². The molecule has 2 unspecified atom stereocenters. The maximum absolute atomic E-state index is 5.19. The van der Waals surface area contributed by atoms with Gasteiger partial charge in [0.25, 0.3) is 0 Å². The van der Waals surface area contributed by atoms with E-state index in [1.54, 1.807) is 0 Å². The summed E-state index contributed by atoms with van der Waals surface area (Å²) in [6, 6.07) is 1.00. The predicted molar refractivity (Wildman–Crippen MR) is 39.0 cm³/mol. The lowest BCUT2D eigenvalue weighted by atomic mass is 10.1. The molecule has 0 bridgehead atoms. The summed E-state index contributed by atoms with van der Waals surface area (Å²) in [6.07, 6.45) is 6.40. The van der Waals surface area contributed by atoms with Crippen LogP contribution >= 0.6 is 0 Å². The largest absolute Gasteiger partial charge is 0.297 e. The smallest absolute Gasteiger partial charge is 0.0845 e.